The molecule has 0 bridgehead atoms. The molecule has 1 aromatic carbocycles. The summed E-state index contributed by atoms with van der Waals surface area (Å²) < 4.78 is 0. The Labute approximate surface area is 120 Å². The first-order chi connectivity index (χ1) is 9.16. The fraction of sp³-hybridized carbons (Fsp3) is 0.412. The summed E-state index contributed by atoms with van der Waals surface area (Å²) in [4.78, 5) is 2.77. The lowest BCUT2D eigenvalue weighted by molar-refractivity contribution is 0.393. The highest BCUT2D eigenvalue weighted by molar-refractivity contribution is 7.15. The van der Waals surface area contributed by atoms with Crippen molar-refractivity contribution in [1.82, 2.24) is 5.32 Å². The second-order valence-corrected chi connectivity index (χ2v) is 6.65. The van der Waals surface area contributed by atoms with Crippen LogP contribution in [0.2, 0.25) is 0 Å². The molecule has 1 atom stereocenters. The summed E-state index contributed by atoms with van der Waals surface area (Å²) in [6, 6.07) is 15.1. The highest BCUT2D eigenvalue weighted by Gasteiger charge is 2.07. The lowest BCUT2D eigenvalue weighted by Gasteiger charge is -2.15. The van der Waals surface area contributed by atoms with Crippen LogP contribution in [-0.4, -0.2) is 6.54 Å². The molecule has 102 valence electrons. The molecular formula is C17H23NS. The van der Waals surface area contributed by atoms with Gasteiger partial charge in [-0.3, -0.25) is 0 Å². The molecule has 0 fully saturated rings. The maximum absolute atomic E-state index is 3.56. The molecule has 1 heterocycles. The Bertz CT molecular complexity index is 487. The van der Waals surface area contributed by atoms with Crippen LogP contribution in [0.4, 0.5) is 0 Å². The van der Waals surface area contributed by atoms with Crippen LogP contribution >= 0.6 is 11.3 Å². The van der Waals surface area contributed by atoms with Gasteiger partial charge in [0, 0.05) is 16.3 Å². The quantitative estimate of drug-likeness (QED) is 0.797. The molecule has 19 heavy (non-hydrogen) atoms. The summed E-state index contributed by atoms with van der Waals surface area (Å²) in [5.41, 5.74) is 1.31. The molecule has 0 spiro atoms. The van der Waals surface area contributed by atoms with Crippen LogP contribution in [0.25, 0.3) is 10.4 Å². The van der Waals surface area contributed by atoms with Crippen LogP contribution < -0.4 is 5.32 Å². The summed E-state index contributed by atoms with van der Waals surface area (Å²) in [6.45, 7) is 8.95. The number of thiophene rings is 1. The topological polar surface area (TPSA) is 12.0 Å². The first-order valence-electron chi connectivity index (χ1n) is 7.01. The van der Waals surface area contributed by atoms with Crippen LogP contribution in [0.3, 0.4) is 0 Å². The molecule has 0 saturated heterocycles. The Hall–Kier alpha value is -1.12. The molecule has 2 rings (SSSR count). The standard InChI is InChI=1S/C17H23NS/c1-13(2)14(3)11-18-12-16-9-10-17(19-16)15-7-5-4-6-8-15/h4-10,13-14,18H,11-12H2,1-3H3. The van der Waals surface area contributed by atoms with E-state index in [1.54, 1.807) is 0 Å². The molecule has 0 radical (unpaired) electrons. The zero-order chi connectivity index (χ0) is 13.7. The van der Waals surface area contributed by atoms with E-state index in [0.29, 0.717) is 0 Å². The van der Waals surface area contributed by atoms with Gasteiger partial charge in [0.2, 0.25) is 0 Å². The monoisotopic (exact) mass is 273 g/mol. The lowest BCUT2D eigenvalue weighted by Crippen LogP contribution is -2.23. The second kappa shape index (κ2) is 6.88. The molecule has 2 heteroatoms. The maximum atomic E-state index is 3.56. The zero-order valence-corrected chi connectivity index (χ0v) is 12.8. The lowest BCUT2D eigenvalue weighted by atomic mass is 9.98. The molecule has 0 aliphatic carbocycles. The van der Waals surface area contributed by atoms with Crippen LogP contribution in [0.15, 0.2) is 42.5 Å². The smallest absolute Gasteiger partial charge is 0.0346 e. The Balaban J connectivity index is 1.88. The van der Waals surface area contributed by atoms with E-state index < -0.39 is 0 Å². The largest absolute Gasteiger partial charge is 0.312 e. The zero-order valence-electron chi connectivity index (χ0n) is 12.0. The third-order valence-electron chi connectivity index (χ3n) is 3.62. The van der Waals surface area contributed by atoms with Crippen molar-refractivity contribution in [2.45, 2.75) is 27.3 Å². The Kier molecular flexibility index (Phi) is 5.17. The van der Waals surface area contributed by atoms with Gasteiger partial charge in [-0.05, 0) is 36.1 Å². The van der Waals surface area contributed by atoms with Crippen LogP contribution in [0.5, 0.6) is 0 Å². The van der Waals surface area contributed by atoms with Crippen molar-refractivity contribution in [2.24, 2.45) is 11.8 Å². The summed E-state index contributed by atoms with van der Waals surface area (Å²) >= 11 is 1.88. The minimum Gasteiger partial charge on any atom is -0.312 e. The van der Waals surface area contributed by atoms with E-state index in [1.807, 2.05) is 11.3 Å². The van der Waals surface area contributed by atoms with Crippen LogP contribution in [0, 0.1) is 11.8 Å². The van der Waals surface area contributed by atoms with Crippen molar-refractivity contribution in [3.63, 3.8) is 0 Å². The summed E-state index contributed by atoms with van der Waals surface area (Å²) in [7, 11) is 0. The molecule has 0 saturated carbocycles. The van der Waals surface area contributed by atoms with Gasteiger partial charge in [-0.2, -0.15) is 0 Å². The predicted octanol–water partition coefficient (Wildman–Crippen LogP) is 4.80. The molecule has 1 unspecified atom stereocenters. The average Bonchev–Trinajstić information content (AvgIpc) is 2.88. The third-order valence-corrected chi connectivity index (χ3v) is 4.76. The fourth-order valence-corrected chi connectivity index (χ4v) is 2.87. The normalized spacial score (nSPS) is 12.8. The second-order valence-electron chi connectivity index (χ2n) is 5.48. The van der Waals surface area contributed by atoms with Crippen molar-refractivity contribution in [1.29, 1.82) is 0 Å². The van der Waals surface area contributed by atoms with E-state index in [2.05, 4.69) is 68.6 Å². The molecule has 0 aliphatic rings. The number of nitrogens with one attached hydrogen (secondary N) is 1. The molecule has 1 N–H and O–H groups in total. The van der Waals surface area contributed by atoms with E-state index in [0.717, 1.165) is 24.9 Å². The van der Waals surface area contributed by atoms with Crippen molar-refractivity contribution in [3.05, 3.63) is 47.3 Å². The van der Waals surface area contributed by atoms with Gasteiger partial charge in [-0.25, -0.2) is 0 Å². The molecular weight excluding hydrogens is 250 g/mol. The van der Waals surface area contributed by atoms with E-state index >= 15 is 0 Å². The number of benzene rings is 1. The molecule has 0 amide bonds. The van der Waals surface area contributed by atoms with Gasteiger partial charge in [0.15, 0.2) is 0 Å². The SMILES string of the molecule is CC(C)C(C)CNCc1ccc(-c2ccccc2)s1. The van der Waals surface area contributed by atoms with E-state index in [1.165, 1.54) is 15.3 Å². The van der Waals surface area contributed by atoms with Crippen molar-refractivity contribution < 1.29 is 0 Å². The minimum atomic E-state index is 0.730. The third kappa shape index (κ3) is 4.19. The van der Waals surface area contributed by atoms with E-state index in [4.69, 9.17) is 0 Å². The minimum absolute atomic E-state index is 0.730. The average molecular weight is 273 g/mol. The van der Waals surface area contributed by atoms with Gasteiger partial charge in [-0.15, -0.1) is 11.3 Å². The predicted molar refractivity (Wildman–Crippen MR) is 85.5 cm³/mol. The van der Waals surface area contributed by atoms with E-state index in [9.17, 15) is 0 Å². The van der Waals surface area contributed by atoms with E-state index in [-0.39, 0.29) is 0 Å². The summed E-state index contributed by atoms with van der Waals surface area (Å²) in [5, 5.41) is 3.56. The van der Waals surface area contributed by atoms with Crippen molar-refractivity contribution in [3.8, 4) is 10.4 Å². The Morgan fingerprint density at radius 3 is 2.42 bits per heavy atom. The number of hydrogen-bond donors (Lipinski definition) is 1. The molecule has 2 aromatic rings. The fourth-order valence-electron chi connectivity index (χ4n) is 1.89. The van der Waals surface area contributed by atoms with Gasteiger partial charge >= 0.3 is 0 Å². The van der Waals surface area contributed by atoms with Crippen LogP contribution in [0.1, 0.15) is 25.6 Å². The van der Waals surface area contributed by atoms with Gasteiger partial charge in [-0.1, -0.05) is 51.1 Å². The molecule has 1 aromatic heterocycles. The van der Waals surface area contributed by atoms with Crippen molar-refractivity contribution >= 4 is 11.3 Å². The highest BCUT2D eigenvalue weighted by atomic mass is 32.1. The summed E-state index contributed by atoms with van der Waals surface area (Å²) in [6.07, 6.45) is 0. The maximum Gasteiger partial charge on any atom is 0.0346 e. The Morgan fingerprint density at radius 2 is 1.74 bits per heavy atom. The number of rotatable bonds is 6. The van der Waals surface area contributed by atoms with Gasteiger partial charge < -0.3 is 5.32 Å². The molecule has 0 aliphatic heterocycles. The first kappa shape index (κ1) is 14.3. The van der Waals surface area contributed by atoms with Gasteiger partial charge in [0.05, 0.1) is 0 Å². The number of hydrogen-bond acceptors (Lipinski definition) is 2. The Morgan fingerprint density at radius 1 is 1.00 bits per heavy atom. The highest BCUT2D eigenvalue weighted by Crippen LogP contribution is 2.27. The van der Waals surface area contributed by atoms with Gasteiger partial charge in [0.25, 0.3) is 0 Å². The first-order valence-corrected chi connectivity index (χ1v) is 7.83. The molecule has 1 nitrogen and oxygen atoms in total. The van der Waals surface area contributed by atoms with Crippen molar-refractivity contribution in [2.75, 3.05) is 6.54 Å². The van der Waals surface area contributed by atoms with Crippen LogP contribution in [-0.2, 0) is 6.54 Å². The summed E-state index contributed by atoms with van der Waals surface area (Å²) in [5.74, 6) is 1.48. The van der Waals surface area contributed by atoms with Gasteiger partial charge in [0.1, 0.15) is 0 Å².